The summed E-state index contributed by atoms with van der Waals surface area (Å²) >= 11 is 0. The van der Waals surface area contributed by atoms with E-state index in [1.54, 1.807) is 28.4 Å². The van der Waals surface area contributed by atoms with Crippen molar-refractivity contribution >= 4 is 0 Å². The largest absolute Gasteiger partial charge is 0.384 e. The van der Waals surface area contributed by atoms with Gasteiger partial charge in [0.2, 0.25) is 0 Å². The van der Waals surface area contributed by atoms with E-state index in [2.05, 4.69) is 20.8 Å². The van der Waals surface area contributed by atoms with Crippen LogP contribution in [0.25, 0.3) is 0 Å². The molecule has 0 aliphatic carbocycles. The Morgan fingerprint density at radius 3 is 0.879 bits per heavy atom. The number of methoxy groups -OCH3 is 4. The number of hydrogen-bond donors (Lipinski definition) is 0. The molecule has 0 aliphatic heterocycles. The smallest absolute Gasteiger partial charge is 0.0538 e. The van der Waals surface area contributed by atoms with E-state index in [1.165, 1.54) is 0 Å². The SMILES string of the molecule is C.C.C.C.C.C.C.COCC(COC)COCC(COCC(COC)COC)CC(C)(C)C. The Kier molecular flexibility index (Phi) is 55.4. The third kappa shape index (κ3) is 34.0. The molecule has 214 valence electrons. The van der Waals surface area contributed by atoms with Crippen LogP contribution in [0, 0.1) is 23.2 Å². The van der Waals surface area contributed by atoms with Gasteiger partial charge >= 0.3 is 0 Å². The standard InChI is InChI=1S/C20H42O6.7CH4/c1-20(2,3)8-17(13-25-15-18(9-21-4)10-22-5)14-26-16-19(11-23-6)12-24-7;;;;;;;/h17-19H,8-16H2,1-7H3;7*1H4. The maximum atomic E-state index is 5.97. The first-order valence-corrected chi connectivity index (χ1v) is 9.47. The predicted molar refractivity (Wildman–Crippen MR) is 151 cm³/mol. The molecule has 0 aromatic carbocycles. The zero-order chi connectivity index (χ0) is 19.8. The lowest BCUT2D eigenvalue weighted by molar-refractivity contribution is -0.0289. The van der Waals surface area contributed by atoms with Crippen LogP contribution < -0.4 is 0 Å². The van der Waals surface area contributed by atoms with Crippen molar-refractivity contribution in [2.24, 2.45) is 23.2 Å². The summed E-state index contributed by atoms with van der Waals surface area (Å²) in [4.78, 5) is 0. The average Bonchev–Trinajstić information content (AvgIpc) is 2.54. The first kappa shape index (κ1) is 53.9. The highest BCUT2D eigenvalue weighted by molar-refractivity contribution is 4.70. The van der Waals surface area contributed by atoms with Gasteiger partial charge in [-0.2, -0.15) is 0 Å². The second-order valence-corrected chi connectivity index (χ2v) is 8.26. The highest BCUT2D eigenvalue weighted by atomic mass is 16.5. The number of hydrogen-bond acceptors (Lipinski definition) is 6. The molecular formula is C27H70O6. The molecule has 0 radical (unpaired) electrons. The molecule has 0 aromatic rings. The van der Waals surface area contributed by atoms with Crippen LogP contribution >= 0.6 is 0 Å². The van der Waals surface area contributed by atoms with Gasteiger partial charge in [0.05, 0.1) is 52.9 Å². The fraction of sp³-hybridized carbons (Fsp3) is 1.00. The summed E-state index contributed by atoms with van der Waals surface area (Å²) in [5.41, 5.74) is 0.230. The third-order valence-electron chi connectivity index (χ3n) is 3.92. The quantitative estimate of drug-likeness (QED) is 0.212. The lowest BCUT2D eigenvalue weighted by Gasteiger charge is -2.27. The molecule has 6 nitrogen and oxygen atoms in total. The van der Waals surface area contributed by atoms with Gasteiger partial charge in [-0.25, -0.2) is 0 Å². The molecule has 0 rings (SSSR count). The Balaban J connectivity index is -0.000000149. The molecule has 6 heteroatoms. The lowest BCUT2D eigenvalue weighted by atomic mass is 9.85. The zero-order valence-electron chi connectivity index (χ0n) is 18.0. The Morgan fingerprint density at radius 2 is 0.667 bits per heavy atom. The van der Waals surface area contributed by atoms with Gasteiger partial charge in [0.15, 0.2) is 0 Å². The summed E-state index contributed by atoms with van der Waals surface area (Å²) in [5.74, 6) is 0.870. The number of ether oxygens (including phenoxy) is 6. The summed E-state index contributed by atoms with van der Waals surface area (Å²) in [5, 5.41) is 0. The first-order valence-electron chi connectivity index (χ1n) is 9.47. The van der Waals surface area contributed by atoms with Crippen molar-refractivity contribution in [2.45, 2.75) is 79.2 Å². The second kappa shape index (κ2) is 33.9. The van der Waals surface area contributed by atoms with Gasteiger partial charge in [-0.05, 0) is 11.8 Å². The van der Waals surface area contributed by atoms with Gasteiger partial charge in [-0.15, -0.1) is 0 Å². The van der Waals surface area contributed by atoms with E-state index in [0.717, 1.165) is 6.42 Å². The molecule has 0 unspecified atom stereocenters. The van der Waals surface area contributed by atoms with E-state index in [4.69, 9.17) is 28.4 Å². The number of rotatable bonds is 17. The molecule has 0 atom stereocenters. The minimum atomic E-state index is 0. The topological polar surface area (TPSA) is 55.4 Å². The van der Waals surface area contributed by atoms with Gasteiger partial charge in [0.25, 0.3) is 0 Å². The van der Waals surface area contributed by atoms with Gasteiger partial charge in [-0.1, -0.05) is 72.8 Å². The first-order chi connectivity index (χ1) is 12.4. The second-order valence-electron chi connectivity index (χ2n) is 8.26. The molecule has 0 N–H and O–H groups in total. The molecule has 0 bridgehead atoms. The van der Waals surface area contributed by atoms with Crippen LogP contribution in [0.4, 0.5) is 0 Å². The summed E-state index contributed by atoms with van der Waals surface area (Å²) in [7, 11) is 6.81. The van der Waals surface area contributed by atoms with Crippen LogP contribution in [-0.4, -0.2) is 81.3 Å². The van der Waals surface area contributed by atoms with E-state index >= 15 is 0 Å². The molecule has 0 fully saturated rings. The van der Waals surface area contributed by atoms with Crippen molar-refractivity contribution in [1.29, 1.82) is 0 Å². The van der Waals surface area contributed by atoms with Gasteiger partial charge in [-0.3, -0.25) is 0 Å². The summed E-state index contributed by atoms with van der Waals surface area (Å²) < 4.78 is 32.8. The molecule has 0 heterocycles. The molecule has 0 saturated carbocycles. The average molecular weight is 491 g/mol. The van der Waals surface area contributed by atoms with Crippen LogP contribution in [0.3, 0.4) is 0 Å². The van der Waals surface area contributed by atoms with Crippen molar-refractivity contribution in [1.82, 2.24) is 0 Å². The minimum absolute atomic E-state index is 0. The van der Waals surface area contributed by atoms with Crippen LogP contribution in [0.2, 0.25) is 0 Å². The molecule has 0 aliphatic rings. The molecule has 0 spiro atoms. The van der Waals surface area contributed by atoms with E-state index in [9.17, 15) is 0 Å². The normalized spacial score (nSPS) is 10.0. The van der Waals surface area contributed by atoms with E-state index in [-0.39, 0.29) is 69.2 Å². The van der Waals surface area contributed by atoms with Crippen molar-refractivity contribution in [2.75, 3.05) is 81.3 Å². The predicted octanol–water partition coefficient (Wildman–Crippen LogP) is 7.34. The van der Waals surface area contributed by atoms with Crippen LogP contribution in [-0.2, 0) is 28.4 Å². The van der Waals surface area contributed by atoms with Crippen molar-refractivity contribution in [3.8, 4) is 0 Å². The molecule has 0 aromatic heterocycles. The van der Waals surface area contributed by atoms with Crippen molar-refractivity contribution in [3.63, 3.8) is 0 Å². The summed E-state index contributed by atoms with van der Waals surface area (Å²) in [6.45, 7) is 11.9. The molecule has 0 saturated heterocycles. The molecule has 0 amide bonds. The van der Waals surface area contributed by atoms with Crippen LogP contribution in [0.15, 0.2) is 0 Å². The maximum absolute atomic E-state index is 5.97. The van der Waals surface area contributed by atoms with Crippen LogP contribution in [0.5, 0.6) is 0 Å². The van der Waals surface area contributed by atoms with E-state index in [0.29, 0.717) is 58.8 Å². The highest BCUT2D eigenvalue weighted by Gasteiger charge is 2.21. The van der Waals surface area contributed by atoms with Gasteiger partial charge < -0.3 is 28.4 Å². The van der Waals surface area contributed by atoms with Crippen molar-refractivity contribution in [3.05, 3.63) is 0 Å². The summed E-state index contributed by atoms with van der Waals surface area (Å²) in [6.07, 6.45) is 1.05. The van der Waals surface area contributed by atoms with Gasteiger partial charge in [0.1, 0.15) is 0 Å². The third-order valence-corrected chi connectivity index (χ3v) is 3.92. The van der Waals surface area contributed by atoms with Crippen LogP contribution in [0.1, 0.15) is 79.2 Å². The van der Waals surface area contributed by atoms with Gasteiger partial charge in [0, 0.05) is 46.2 Å². The fourth-order valence-electron chi connectivity index (χ4n) is 3.07. The van der Waals surface area contributed by atoms with E-state index < -0.39 is 0 Å². The minimum Gasteiger partial charge on any atom is -0.384 e. The Hall–Kier alpha value is -0.240. The monoisotopic (exact) mass is 491 g/mol. The van der Waals surface area contributed by atoms with Crippen molar-refractivity contribution < 1.29 is 28.4 Å². The Bertz CT molecular complexity index is 273. The highest BCUT2D eigenvalue weighted by Crippen LogP contribution is 2.25. The zero-order valence-corrected chi connectivity index (χ0v) is 18.0. The molecular weight excluding hydrogens is 420 g/mol. The molecule has 33 heavy (non-hydrogen) atoms. The summed E-state index contributed by atoms with van der Waals surface area (Å²) in [6, 6.07) is 0. The Morgan fingerprint density at radius 1 is 0.424 bits per heavy atom. The van der Waals surface area contributed by atoms with E-state index in [1.807, 2.05) is 0 Å². The Labute approximate surface area is 212 Å². The maximum Gasteiger partial charge on any atom is 0.0538 e. The fourth-order valence-corrected chi connectivity index (χ4v) is 3.07. The lowest BCUT2D eigenvalue weighted by Crippen LogP contribution is -2.28.